The maximum atomic E-state index is 4.53. The maximum Gasteiger partial charge on any atom is 0.125 e. The first-order valence-electron chi connectivity index (χ1n) is 7.36. The molecule has 0 radical (unpaired) electrons. The number of nitrogens with one attached hydrogen (secondary N) is 1. The quantitative estimate of drug-likeness (QED) is 0.901. The van der Waals surface area contributed by atoms with E-state index in [9.17, 15) is 0 Å². The summed E-state index contributed by atoms with van der Waals surface area (Å²) in [6.45, 7) is 11.9. The molecule has 1 aliphatic heterocycles. The van der Waals surface area contributed by atoms with Crippen molar-refractivity contribution in [3.05, 3.63) is 23.8 Å². The van der Waals surface area contributed by atoms with Crippen LogP contribution >= 0.6 is 0 Å². The molecule has 4 nitrogen and oxygen atoms in total. The number of aryl methyl sites for hydroxylation is 1. The van der Waals surface area contributed by atoms with Gasteiger partial charge in [0.25, 0.3) is 0 Å². The number of hydrogen-bond donors (Lipinski definition) is 1. The molecule has 2 heterocycles. The van der Waals surface area contributed by atoms with E-state index in [1.807, 2.05) is 19.2 Å². The molecule has 1 aromatic heterocycles. The third kappa shape index (κ3) is 3.74. The molecule has 19 heavy (non-hydrogen) atoms. The summed E-state index contributed by atoms with van der Waals surface area (Å²) in [7, 11) is 0. The largest absolute Gasteiger partial charge is 0.311 e. The van der Waals surface area contributed by atoms with Crippen molar-refractivity contribution in [2.24, 2.45) is 5.92 Å². The van der Waals surface area contributed by atoms with E-state index in [1.54, 1.807) is 0 Å². The van der Waals surface area contributed by atoms with Gasteiger partial charge in [-0.05, 0) is 25.3 Å². The van der Waals surface area contributed by atoms with Crippen molar-refractivity contribution in [2.75, 3.05) is 13.1 Å². The van der Waals surface area contributed by atoms with E-state index in [2.05, 4.69) is 41.0 Å². The minimum Gasteiger partial charge on any atom is -0.311 e. The summed E-state index contributed by atoms with van der Waals surface area (Å²) in [6.07, 6.45) is 3.04. The standard InChI is InChI=1S/C15H26N4/c1-5-14-8-17-15(11(2)3)10-19(14)9-13-6-7-16-12(4)18-13/h6-7,11,14-15,17H,5,8-10H2,1-4H3. The van der Waals surface area contributed by atoms with Crippen molar-refractivity contribution in [3.63, 3.8) is 0 Å². The number of hydrogen-bond acceptors (Lipinski definition) is 4. The van der Waals surface area contributed by atoms with Crippen LogP contribution in [0.25, 0.3) is 0 Å². The average molecular weight is 262 g/mol. The van der Waals surface area contributed by atoms with Crippen molar-refractivity contribution in [1.29, 1.82) is 0 Å². The molecule has 1 aromatic rings. The minimum absolute atomic E-state index is 0.589. The third-order valence-corrected chi connectivity index (χ3v) is 4.04. The van der Waals surface area contributed by atoms with Crippen LogP contribution in [0.1, 0.15) is 38.7 Å². The summed E-state index contributed by atoms with van der Waals surface area (Å²) >= 11 is 0. The molecule has 2 rings (SSSR count). The molecule has 0 aromatic carbocycles. The lowest BCUT2D eigenvalue weighted by molar-refractivity contribution is 0.102. The lowest BCUT2D eigenvalue weighted by Crippen LogP contribution is -2.57. The Morgan fingerprint density at radius 2 is 2.26 bits per heavy atom. The third-order valence-electron chi connectivity index (χ3n) is 4.04. The molecular formula is C15H26N4. The van der Waals surface area contributed by atoms with Gasteiger partial charge in [-0.15, -0.1) is 0 Å². The molecule has 2 unspecified atom stereocenters. The van der Waals surface area contributed by atoms with Crippen molar-refractivity contribution in [1.82, 2.24) is 20.2 Å². The summed E-state index contributed by atoms with van der Waals surface area (Å²) in [5.74, 6) is 1.54. The summed E-state index contributed by atoms with van der Waals surface area (Å²) < 4.78 is 0. The zero-order valence-electron chi connectivity index (χ0n) is 12.6. The highest BCUT2D eigenvalue weighted by atomic mass is 15.2. The monoisotopic (exact) mass is 262 g/mol. The lowest BCUT2D eigenvalue weighted by atomic mass is 9.98. The Kier molecular flexibility index (Phi) is 4.88. The van der Waals surface area contributed by atoms with Gasteiger partial charge in [-0.25, -0.2) is 9.97 Å². The Balaban J connectivity index is 2.06. The molecule has 1 saturated heterocycles. The van der Waals surface area contributed by atoms with Crippen LogP contribution in [-0.4, -0.2) is 40.0 Å². The van der Waals surface area contributed by atoms with Gasteiger partial charge in [-0.2, -0.15) is 0 Å². The van der Waals surface area contributed by atoms with E-state index < -0.39 is 0 Å². The normalized spacial score (nSPS) is 24.9. The van der Waals surface area contributed by atoms with E-state index >= 15 is 0 Å². The molecule has 0 bridgehead atoms. The second-order valence-electron chi connectivity index (χ2n) is 5.85. The summed E-state index contributed by atoms with van der Waals surface area (Å²) in [6, 6.07) is 3.24. The molecule has 0 aliphatic carbocycles. The fraction of sp³-hybridized carbons (Fsp3) is 0.733. The Morgan fingerprint density at radius 1 is 1.47 bits per heavy atom. The van der Waals surface area contributed by atoms with Gasteiger partial charge in [0.15, 0.2) is 0 Å². The zero-order chi connectivity index (χ0) is 13.8. The summed E-state index contributed by atoms with van der Waals surface area (Å²) in [4.78, 5) is 11.3. The molecule has 106 valence electrons. The Labute approximate surface area is 116 Å². The molecule has 1 fully saturated rings. The van der Waals surface area contributed by atoms with Crippen LogP contribution in [0.2, 0.25) is 0 Å². The summed E-state index contributed by atoms with van der Waals surface area (Å²) in [5.41, 5.74) is 1.13. The SMILES string of the molecule is CCC1CNC(C(C)C)CN1Cc1ccnc(C)n1. The number of aromatic nitrogens is 2. The van der Waals surface area contributed by atoms with Crippen LogP contribution in [-0.2, 0) is 6.54 Å². The topological polar surface area (TPSA) is 41.0 Å². The molecule has 0 saturated carbocycles. The number of nitrogens with zero attached hydrogens (tertiary/aromatic N) is 3. The Bertz CT molecular complexity index is 405. The fourth-order valence-corrected chi connectivity index (χ4v) is 2.73. The minimum atomic E-state index is 0.589. The highest BCUT2D eigenvalue weighted by Crippen LogP contribution is 2.17. The van der Waals surface area contributed by atoms with E-state index in [-0.39, 0.29) is 0 Å². The van der Waals surface area contributed by atoms with Crippen LogP contribution in [0.5, 0.6) is 0 Å². The fourth-order valence-electron chi connectivity index (χ4n) is 2.73. The Morgan fingerprint density at radius 3 is 2.89 bits per heavy atom. The van der Waals surface area contributed by atoms with E-state index in [4.69, 9.17) is 0 Å². The predicted molar refractivity (Wildman–Crippen MR) is 77.9 cm³/mol. The van der Waals surface area contributed by atoms with Gasteiger partial charge in [-0.1, -0.05) is 20.8 Å². The van der Waals surface area contributed by atoms with Crippen molar-refractivity contribution in [2.45, 2.75) is 52.7 Å². The van der Waals surface area contributed by atoms with E-state index in [0.29, 0.717) is 18.0 Å². The smallest absolute Gasteiger partial charge is 0.125 e. The molecule has 0 amide bonds. The van der Waals surface area contributed by atoms with Crippen LogP contribution < -0.4 is 5.32 Å². The van der Waals surface area contributed by atoms with Gasteiger partial charge in [0.1, 0.15) is 5.82 Å². The van der Waals surface area contributed by atoms with Gasteiger partial charge in [-0.3, -0.25) is 4.90 Å². The molecule has 2 atom stereocenters. The highest BCUT2D eigenvalue weighted by molar-refractivity contribution is 5.03. The number of piperazine rings is 1. The van der Waals surface area contributed by atoms with Gasteiger partial charge in [0.05, 0.1) is 5.69 Å². The second-order valence-corrected chi connectivity index (χ2v) is 5.85. The predicted octanol–water partition coefficient (Wildman–Crippen LogP) is 1.99. The number of rotatable bonds is 4. The molecule has 1 aliphatic rings. The van der Waals surface area contributed by atoms with Crippen LogP contribution in [0, 0.1) is 12.8 Å². The second kappa shape index (κ2) is 6.44. The first-order valence-corrected chi connectivity index (χ1v) is 7.36. The van der Waals surface area contributed by atoms with E-state index in [1.165, 1.54) is 6.42 Å². The van der Waals surface area contributed by atoms with E-state index in [0.717, 1.165) is 31.2 Å². The zero-order valence-corrected chi connectivity index (χ0v) is 12.6. The van der Waals surface area contributed by atoms with Gasteiger partial charge in [0.2, 0.25) is 0 Å². The molecule has 4 heteroatoms. The van der Waals surface area contributed by atoms with Crippen LogP contribution in [0.15, 0.2) is 12.3 Å². The average Bonchev–Trinajstić information content (AvgIpc) is 2.38. The summed E-state index contributed by atoms with van der Waals surface area (Å²) in [5, 5.41) is 3.67. The van der Waals surface area contributed by atoms with Crippen LogP contribution in [0.4, 0.5) is 0 Å². The van der Waals surface area contributed by atoms with Crippen molar-refractivity contribution < 1.29 is 0 Å². The van der Waals surface area contributed by atoms with Crippen LogP contribution in [0.3, 0.4) is 0 Å². The Hall–Kier alpha value is -1.00. The lowest BCUT2D eigenvalue weighted by Gasteiger charge is -2.41. The van der Waals surface area contributed by atoms with Gasteiger partial charge >= 0.3 is 0 Å². The first kappa shape index (κ1) is 14.4. The molecule has 0 spiro atoms. The van der Waals surface area contributed by atoms with Gasteiger partial charge < -0.3 is 5.32 Å². The first-order chi connectivity index (χ1) is 9.10. The molecule has 1 N–H and O–H groups in total. The highest BCUT2D eigenvalue weighted by Gasteiger charge is 2.28. The van der Waals surface area contributed by atoms with Gasteiger partial charge in [0, 0.05) is 37.9 Å². The van der Waals surface area contributed by atoms with Crippen molar-refractivity contribution >= 4 is 0 Å². The van der Waals surface area contributed by atoms with Crippen molar-refractivity contribution in [3.8, 4) is 0 Å². The molecular weight excluding hydrogens is 236 g/mol. The maximum absolute atomic E-state index is 4.53.